The van der Waals surface area contributed by atoms with Crippen LogP contribution in [0.4, 0.5) is 8.78 Å². The van der Waals surface area contributed by atoms with Crippen molar-refractivity contribution in [1.82, 2.24) is 9.55 Å². The van der Waals surface area contributed by atoms with Gasteiger partial charge in [0, 0.05) is 0 Å². The lowest BCUT2D eigenvalue weighted by Crippen LogP contribution is -2.19. The molecule has 0 spiro atoms. The van der Waals surface area contributed by atoms with Gasteiger partial charge in [0.15, 0.2) is 5.16 Å². The Kier molecular flexibility index (Phi) is 4.29. The maximum Gasteiger partial charge on any atom is 0.321 e. The van der Waals surface area contributed by atoms with E-state index >= 15 is 0 Å². The zero-order valence-electron chi connectivity index (χ0n) is 11.9. The highest BCUT2D eigenvalue weighted by Gasteiger charge is 2.25. The Morgan fingerprint density at radius 2 is 1.74 bits per heavy atom. The van der Waals surface area contributed by atoms with E-state index in [0.717, 1.165) is 16.3 Å². The molecule has 1 unspecified atom stereocenters. The van der Waals surface area contributed by atoms with E-state index in [4.69, 9.17) is 5.73 Å². The molecule has 0 aliphatic rings. The number of primary amides is 1. The Bertz CT molecular complexity index is 836. The van der Waals surface area contributed by atoms with E-state index in [9.17, 15) is 13.6 Å². The van der Waals surface area contributed by atoms with Gasteiger partial charge < -0.3 is 5.73 Å². The molecule has 7 heteroatoms. The van der Waals surface area contributed by atoms with Crippen LogP contribution in [0.25, 0.3) is 11.0 Å². The third-order valence-electron chi connectivity index (χ3n) is 3.34. The molecule has 118 valence electrons. The van der Waals surface area contributed by atoms with Crippen LogP contribution in [0.3, 0.4) is 0 Å². The third kappa shape index (κ3) is 3.05. The Labute approximate surface area is 135 Å². The summed E-state index contributed by atoms with van der Waals surface area (Å²) < 4.78 is 27.7. The average molecular weight is 333 g/mol. The molecular weight excluding hydrogens is 320 g/mol. The largest absolute Gasteiger partial charge is 0.368 e. The number of carbonyl (C=O) groups excluding carboxylic acids is 1. The summed E-state index contributed by atoms with van der Waals surface area (Å²) in [5.41, 5.74) is 6.87. The monoisotopic (exact) mass is 333 g/mol. The van der Waals surface area contributed by atoms with Crippen molar-refractivity contribution in [3.8, 4) is 0 Å². The fraction of sp³-hybridized carbons (Fsp3) is 0.125. The van der Waals surface area contributed by atoms with Gasteiger partial charge in [-0.15, -0.1) is 0 Å². The molecule has 0 bridgehead atoms. The number of nitrogens with zero attached hydrogens (tertiary/aromatic N) is 2. The smallest absolute Gasteiger partial charge is 0.321 e. The molecule has 2 N–H and O–H groups in total. The third-order valence-corrected chi connectivity index (χ3v) is 4.58. The van der Waals surface area contributed by atoms with Gasteiger partial charge in [-0.05, 0) is 17.7 Å². The lowest BCUT2D eigenvalue weighted by Gasteiger charge is -2.14. The molecule has 3 rings (SSSR count). The topological polar surface area (TPSA) is 60.9 Å². The summed E-state index contributed by atoms with van der Waals surface area (Å²) in [6.45, 7) is -2.76. The summed E-state index contributed by atoms with van der Waals surface area (Å²) in [4.78, 5) is 16.0. The normalized spacial score (nSPS) is 12.7. The first-order valence-electron chi connectivity index (χ1n) is 6.84. The van der Waals surface area contributed by atoms with Crippen LogP contribution >= 0.6 is 11.8 Å². The van der Waals surface area contributed by atoms with Gasteiger partial charge in [-0.3, -0.25) is 9.36 Å². The van der Waals surface area contributed by atoms with Crippen LogP contribution in [-0.2, 0) is 4.79 Å². The molecule has 1 atom stereocenters. The summed E-state index contributed by atoms with van der Waals surface area (Å²) >= 11 is 0.928. The second kappa shape index (κ2) is 6.37. The van der Waals surface area contributed by atoms with Crippen molar-refractivity contribution >= 4 is 28.7 Å². The van der Waals surface area contributed by atoms with Crippen molar-refractivity contribution in [3.63, 3.8) is 0 Å². The maximum absolute atomic E-state index is 13.4. The SMILES string of the molecule is NC(=O)C(Sc1nc2ccccc2n1C(F)F)c1ccccc1. The van der Waals surface area contributed by atoms with Gasteiger partial charge in [0.1, 0.15) is 5.25 Å². The zero-order valence-corrected chi connectivity index (χ0v) is 12.7. The van der Waals surface area contributed by atoms with Crippen molar-refractivity contribution in [1.29, 1.82) is 0 Å². The molecule has 0 fully saturated rings. The maximum atomic E-state index is 13.4. The Morgan fingerprint density at radius 1 is 1.09 bits per heavy atom. The van der Waals surface area contributed by atoms with E-state index in [-0.39, 0.29) is 5.16 Å². The van der Waals surface area contributed by atoms with Crippen LogP contribution in [0.15, 0.2) is 59.8 Å². The lowest BCUT2D eigenvalue weighted by atomic mass is 10.1. The van der Waals surface area contributed by atoms with Crippen molar-refractivity contribution in [3.05, 3.63) is 60.2 Å². The van der Waals surface area contributed by atoms with Crippen molar-refractivity contribution in [2.45, 2.75) is 17.0 Å². The van der Waals surface area contributed by atoms with E-state index in [0.29, 0.717) is 16.6 Å². The minimum absolute atomic E-state index is 0.0638. The van der Waals surface area contributed by atoms with Crippen LogP contribution in [-0.4, -0.2) is 15.5 Å². The number of halogens is 2. The number of amides is 1. The number of carbonyl (C=O) groups is 1. The number of alkyl halides is 2. The number of benzene rings is 2. The minimum Gasteiger partial charge on any atom is -0.368 e. The number of fused-ring (bicyclic) bond motifs is 1. The first kappa shape index (κ1) is 15.5. The fourth-order valence-corrected chi connectivity index (χ4v) is 3.38. The number of thioether (sulfide) groups is 1. The molecule has 1 aromatic heterocycles. The van der Waals surface area contributed by atoms with Crippen LogP contribution in [0.5, 0.6) is 0 Å². The predicted octanol–water partition coefficient (Wildman–Crippen LogP) is 3.75. The van der Waals surface area contributed by atoms with Crippen molar-refractivity contribution in [2.24, 2.45) is 5.73 Å². The zero-order chi connectivity index (χ0) is 16.4. The lowest BCUT2D eigenvalue weighted by molar-refractivity contribution is -0.117. The Morgan fingerprint density at radius 3 is 2.39 bits per heavy atom. The number of rotatable bonds is 5. The summed E-state index contributed by atoms with van der Waals surface area (Å²) in [6, 6.07) is 15.4. The second-order valence-corrected chi connectivity index (χ2v) is 5.91. The first-order chi connectivity index (χ1) is 11.1. The van der Waals surface area contributed by atoms with Gasteiger partial charge in [-0.2, -0.15) is 8.78 Å². The van der Waals surface area contributed by atoms with Crippen LogP contribution in [0, 0.1) is 0 Å². The highest BCUT2D eigenvalue weighted by Crippen LogP contribution is 2.38. The Balaban J connectivity index is 2.05. The van der Waals surface area contributed by atoms with Crippen LogP contribution in [0.1, 0.15) is 17.4 Å². The molecule has 4 nitrogen and oxygen atoms in total. The first-order valence-corrected chi connectivity index (χ1v) is 7.72. The van der Waals surface area contributed by atoms with Gasteiger partial charge in [-0.25, -0.2) is 4.98 Å². The van der Waals surface area contributed by atoms with Gasteiger partial charge in [0.2, 0.25) is 5.91 Å². The van der Waals surface area contributed by atoms with E-state index in [2.05, 4.69) is 4.98 Å². The number of hydrogen-bond donors (Lipinski definition) is 1. The molecule has 2 aromatic carbocycles. The van der Waals surface area contributed by atoms with Crippen molar-refractivity contribution in [2.75, 3.05) is 0 Å². The van der Waals surface area contributed by atoms with Gasteiger partial charge >= 0.3 is 6.55 Å². The molecule has 0 aliphatic carbocycles. The number of hydrogen-bond acceptors (Lipinski definition) is 3. The summed E-state index contributed by atoms with van der Waals surface area (Å²) in [5, 5.41) is -0.723. The number of para-hydroxylation sites is 2. The quantitative estimate of drug-likeness (QED) is 0.723. The minimum atomic E-state index is -2.76. The molecule has 0 saturated heterocycles. The summed E-state index contributed by atoms with van der Waals surface area (Å²) in [5.74, 6) is -0.603. The second-order valence-electron chi connectivity index (χ2n) is 4.84. The predicted molar refractivity (Wildman–Crippen MR) is 85.2 cm³/mol. The molecule has 0 aliphatic heterocycles. The number of imidazole rings is 1. The van der Waals surface area contributed by atoms with E-state index in [1.807, 2.05) is 0 Å². The fourth-order valence-electron chi connectivity index (χ4n) is 2.32. The van der Waals surface area contributed by atoms with Gasteiger partial charge in [0.05, 0.1) is 11.0 Å². The molecular formula is C16H13F2N3OS. The standard InChI is InChI=1S/C16H13F2N3OS/c17-15(18)21-12-9-5-4-8-11(12)20-16(21)23-13(14(19)22)10-6-2-1-3-7-10/h1-9,13,15H,(H2,19,22). The van der Waals surface area contributed by atoms with E-state index < -0.39 is 17.7 Å². The van der Waals surface area contributed by atoms with Gasteiger partial charge in [0.25, 0.3) is 0 Å². The summed E-state index contributed by atoms with van der Waals surface area (Å²) in [6.07, 6.45) is 0. The van der Waals surface area contributed by atoms with Gasteiger partial charge in [-0.1, -0.05) is 54.2 Å². The molecule has 3 aromatic rings. The highest BCUT2D eigenvalue weighted by molar-refractivity contribution is 8.00. The molecule has 23 heavy (non-hydrogen) atoms. The van der Waals surface area contributed by atoms with E-state index in [1.165, 1.54) is 0 Å². The molecule has 0 saturated carbocycles. The number of aromatic nitrogens is 2. The van der Waals surface area contributed by atoms with Crippen LogP contribution < -0.4 is 5.73 Å². The van der Waals surface area contributed by atoms with Crippen molar-refractivity contribution < 1.29 is 13.6 Å². The Hall–Kier alpha value is -2.41. The number of nitrogens with two attached hydrogens (primary N) is 1. The average Bonchev–Trinajstić information content (AvgIpc) is 2.91. The summed E-state index contributed by atoms with van der Waals surface area (Å²) in [7, 11) is 0. The molecule has 1 heterocycles. The van der Waals surface area contributed by atoms with Crippen LogP contribution in [0.2, 0.25) is 0 Å². The molecule has 1 amide bonds. The highest BCUT2D eigenvalue weighted by atomic mass is 32.2. The molecule has 0 radical (unpaired) electrons. The van der Waals surface area contributed by atoms with E-state index in [1.54, 1.807) is 54.6 Å².